The quantitative estimate of drug-likeness (QED) is 0.456. The van der Waals surface area contributed by atoms with Gasteiger partial charge in [-0.1, -0.05) is 12.1 Å². The molecule has 0 amide bonds. The van der Waals surface area contributed by atoms with E-state index in [2.05, 4.69) is 0 Å². The molecule has 0 spiro atoms. The van der Waals surface area contributed by atoms with Gasteiger partial charge in [0.05, 0.1) is 0 Å². The summed E-state index contributed by atoms with van der Waals surface area (Å²) in [7, 11) is 0. The molecule has 1 aromatic carbocycles. The normalized spacial score (nSPS) is 13.2. The second-order valence-corrected chi connectivity index (χ2v) is 3.03. The van der Waals surface area contributed by atoms with Gasteiger partial charge in [0.25, 0.3) is 5.78 Å². The van der Waals surface area contributed by atoms with Crippen molar-refractivity contribution in [2.45, 2.75) is 12.1 Å². The number of Topliss-reactive ketones (excluding diaryl/α,β-unsaturated/α-hetero) is 1. The van der Waals surface area contributed by atoms with Gasteiger partial charge in [0, 0.05) is 0 Å². The Morgan fingerprint density at radius 2 is 1.69 bits per heavy atom. The van der Waals surface area contributed by atoms with E-state index in [9.17, 15) is 27.2 Å². The van der Waals surface area contributed by atoms with Gasteiger partial charge in [-0.15, -0.1) is 0 Å². The van der Waals surface area contributed by atoms with E-state index < -0.39 is 23.7 Å². The van der Waals surface area contributed by atoms with Gasteiger partial charge in [0.2, 0.25) is 0 Å². The third-order valence-electron chi connectivity index (χ3n) is 1.93. The van der Waals surface area contributed by atoms with Crippen molar-refractivity contribution in [2.24, 2.45) is 0 Å². The van der Waals surface area contributed by atoms with Gasteiger partial charge in [-0.2, -0.15) is 13.2 Å². The van der Waals surface area contributed by atoms with Crippen molar-refractivity contribution in [2.75, 3.05) is 0 Å². The van der Waals surface area contributed by atoms with Crippen LogP contribution in [0.2, 0.25) is 0 Å². The van der Waals surface area contributed by atoms with Crippen molar-refractivity contribution >= 4 is 12.1 Å². The van der Waals surface area contributed by atoms with Crippen LogP contribution in [0.4, 0.5) is 17.6 Å². The van der Waals surface area contributed by atoms with Crippen LogP contribution in [-0.4, -0.2) is 18.2 Å². The molecule has 0 aliphatic rings. The number of rotatable bonds is 3. The average Bonchev–Trinajstić information content (AvgIpc) is 2.20. The van der Waals surface area contributed by atoms with Gasteiger partial charge in [0.1, 0.15) is 18.0 Å². The zero-order valence-electron chi connectivity index (χ0n) is 7.79. The van der Waals surface area contributed by atoms with E-state index in [1.165, 1.54) is 0 Å². The molecule has 6 heteroatoms. The third kappa shape index (κ3) is 2.65. The summed E-state index contributed by atoms with van der Waals surface area (Å²) in [6, 6.07) is 3.71. The van der Waals surface area contributed by atoms with E-state index in [-0.39, 0.29) is 11.8 Å². The molecule has 86 valence electrons. The number of carbonyl (C=O) groups is 2. The molecule has 1 atom stereocenters. The average molecular weight is 234 g/mol. The summed E-state index contributed by atoms with van der Waals surface area (Å²) in [5.74, 6) is -4.75. The number of halogens is 4. The van der Waals surface area contributed by atoms with Crippen molar-refractivity contribution in [3.05, 3.63) is 35.6 Å². The molecule has 16 heavy (non-hydrogen) atoms. The highest BCUT2D eigenvalue weighted by atomic mass is 19.4. The molecule has 0 N–H and O–H groups in total. The van der Waals surface area contributed by atoms with Crippen LogP contribution in [0.25, 0.3) is 0 Å². The zero-order valence-corrected chi connectivity index (χ0v) is 7.79. The van der Waals surface area contributed by atoms with Crippen LogP contribution in [0.1, 0.15) is 11.5 Å². The van der Waals surface area contributed by atoms with Crippen LogP contribution in [0, 0.1) is 5.82 Å². The Kier molecular flexibility index (Phi) is 3.41. The van der Waals surface area contributed by atoms with E-state index in [0.717, 1.165) is 24.3 Å². The lowest BCUT2D eigenvalue weighted by atomic mass is 9.96. The largest absolute Gasteiger partial charge is 0.451 e. The molecule has 1 rings (SSSR count). The highest BCUT2D eigenvalue weighted by Gasteiger charge is 2.43. The molecular formula is C10H6F4O2. The van der Waals surface area contributed by atoms with E-state index in [4.69, 9.17) is 0 Å². The van der Waals surface area contributed by atoms with Crippen molar-refractivity contribution in [3.63, 3.8) is 0 Å². The van der Waals surface area contributed by atoms with Crippen LogP contribution in [0.3, 0.4) is 0 Å². The molecule has 0 aliphatic carbocycles. The fourth-order valence-electron chi connectivity index (χ4n) is 1.14. The molecule has 0 fully saturated rings. The maximum absolute atomic E-state index is 12.5. The van der Waals surface area contributed by atoms with Crippen LogP contribution in [-0.2, 0) is 9.59 Å². The molecule has 2 nitrogen and oxygen atoms in total. The predicted molar refractivity (Wildman–Crippen MR) is 46.3 cm³/mol. The number of alkyl halides is 3. The number of hydrogen-bond acceptors (Lipinski definition) is 2. The van der Waals surface area contributed by atoms with Crippen molar-refractivity contribution < 1.29 is 27.2 Å². The maximum atomic E-state index is 12.5. The number of aldehydes is 1. The summed E-state index contributed by atoms with van der Waals surface area (Å²) in [6.45, 7) is 0. The first-order chi connectivity index (χ1) is 7.36. The van der Waals surface area contributed by atoms with Gasteiger partial charge in [-0.3, -0.25) is 4.79 Å². The second kappa shape index (κ2) is 4.42. The van der Waals surface area contributed by atoms with Crippen molar-refractivity contribution in [1.82, 2.24) is 0 Å². The first-order valence-electron chi connectivity index (χ1n) is 4.18. The summed E-state index contributed by atoms with van der Waals surface area (Å²) < 4.78 is 48.7. The minimum atomic E-state index is -5.08. The summed E-state index contributed by atoms with van der Waals surface area (Å²) >= 11 is 0. The fourth-order valence-corrected chi connectivity index (χ4v) is 1.14. The molecule has 0 saturated heterocycles. The minimum Gasteiger partial charge on any atom is -0.302 e. The SMILES string of the molecule is O=CC(C(=O)C(F)(F)F)c1ccc(F)cc1. The summed E-state index contributed by atoms with van der Waals surface area (Å²) in [5.41, 5.74) is -0.182. The lowest BCUT2D eigenvalue weighted by molar-refractivity contribution is -0.172. The van der Waals surface area contributed by atoms with Crippen LogP contribution in [0.5, 0.6) is 0 Å². The molecule has 0 radical (unpaired) electrons. The van der Waals surface area contributed by atoms with E-state index in [1.54, 1.807) is 0 Å². The molecule has 0 aromatic heterocycles. The maximum Gasteiger partial charge on any atom is 0.451 e. The third-order valence-corrected chi connectivity index (χ3v) is 1.93. The Morgan fingerprint density at radius 1 is 1.19 bits per heavy atom. The van der Waals surface area contributed by atoms with Crippen LogP contribution >= 0.6 is 0 Å². The molecule has 0 aliphatic heterocycles. The van der Waals surface area contributed by atoms with Gasteiger partial charge in [0.15, 0.2) is 0 Å². The second-order valence-electron chi connectivity index (χ2n) is 3.03. The van der Waals surface area contributed by atoms with E-state index in [0.29, 0.717) is 0 Å². The number of ketones is 1. The van der Waals surface area contributed by atoms with Crippen molar-refractivity contribution in [1.29, 1.82) is 0 Å². The number of benzene rings is 1. The topological polar surface area (TPSA) is 34.1 Å². The van der Waals surface area contributed by atoms with Gasteiger partial charge in [-0.05, 0) is 17.7 Å². The highest BCUT2D eigenvalue weighted by Crippen LogP contribution is 2.26. The Hall–Kier alpha value is -1.72. The summed E-state index contributed by atoms with van der Waals surface area (Å²) in [4.78, 5) is 21.3. The minimum absolute atomic E-state index is 0.108. The monoisotopic (exact) mass is 234 g/mol. The molecule has 0 saturated carbocycles. The van der Waals surface area contributed by atoms with E-state index in [1.807, 2.05) is 0 Å². The smallest absolute Gasteiger partial charge is 0.302 e. The Balaban J connectivity index is 3.04. The lowest BCUT2D eigenvalue weighted by Crippen LogP contribution is -2.29. The van der Waals surface area contributed by atoms with Gasteiger partial charge < -0.3 is 4.79 Å². The molecule has 0 bridgehead atoms. The summed E-state index contributed by atoms with van der Waals surface area (Å²) in [5, 5.41) is 0. The van der Waals surface area contributed by atoms with Crippen LogP contribution < -0.4 is 0 Å². The Bertz CT molecular complexity index is 394. The number of carbonyl (C=O) groups excluding carboxylic acids is 2. The number of hydrogen-bond donors (Lipinski definition) is 0. The predicted octanol–water partition coefficient (Wildman–Crippen LogP) is 2.24. The zero-order chi connectivity index (χ0) is 12.3. The van der Waals surface area contributed by atoms with E-state index >= 15 is 0 Å². The molecule has 1 aromatic rings. The van der Waals surface area contributed by atoms with Crippen LogP contribution in [0.15, 0.2) is 24.3 Å². The first-order valence-corrected chi connectivity index (χ1v) is 4.18. The Morgan fingerprint density at radius 3 is 2.06 bits per heavy atom. The summed E-state index contributed by atoms with van der Waals surface area (Å²) in [6.07, 6.45) is -5.19. The lowest BCUT2D eigenvalue weighted by Gasteiger charge is -2.11. The highest BCUT2D eigenvalue weighted by molar-refractivity contribution is 6.02. The fraction of sp³-hybridized carbons (Fsp3) is 0.200. The molecular weight excluding hydrogens is 228 g/mol. The Labute approximate surface area is 87.9 Å². The molecule has 1 unspecified atom stereocenters. The van der Waals surface area contributed by atoms with Gasteiger partial charge in [-0.25, -0.2) is 4.39 Å². The molecule has 0 heterocycles. The van der Waals surface area contributed by atoms with Gasteiger partial charge >= 0.3 is 6.18 Å². The first kappa shape index (κ1) is 12.4. The standard InChI is InChI=1S/C10H6F4O2/c11-7-3-1-6(2-4-7)8(5-15)9(16)10(12,13)14/h1-5,8H. The van der Waals surface area contributed by atoms with Crippen molar-refractivity contribution in [3.8, 4) is 0 Å².